The average Bonchev–Trinajstić information content (AvgIpc) is 2.54. The molecule has 3 N–H and O–H groups in total. The van der Waals surface area contributed by atoms with Gasteiger partial charge in [0.25, 0.3) is 5.91 Å². The summed E-state index contributed by atoms with van der Waals surface area (Å²) in [4.78, 5) is 12.1. The smallest absolute Gasteiger partial charge is 0.258 e. The lowest BCUT2D eigenvalue weighted by atomic mass is 9.92. The van der Waals surface area contributed by atoms with E-state index < -0.39 is 5.54 Å². The van der Waals surface area contributed by atoms with Gasteiger partial charge in [-0.05, 0) is 24.6 Å². The zero-order chi connectivity index (χ0) is 15.1. The van der Waals surface area contributed by atoms with Crippen LogP contribution in [0.2, 0.25) is 0 Å². The molecule has 0 aliphatic heterocycles. The fourth-order valence-corrected chi connectivity index (χ4v) is 2.06. The fraction of sp³-hybridized carbons (Fsp3) is 0.235. The standard InChI is InChI=1S/C17H20N2O2/c1-17(13-18,14-8-4-2-5-9-14)19-16(20)12-21-15-10-6-3-7-11-15/h2-11H,12-13,18H2,1H3,(H,19,20). The van der Waals surface area contributed by atoms with E-state index in [2.05, 4.69) is 5.32 Å². The van der Waals surface area contributed by atoms with E-state index in [4.69, 9.17) is 10.5 Å². The maximum Gasteiger partial charge on any atom is 0.258 e. The van der Waals surface area contributed by atoms with E-state index in [0.29, 0.717) is 12.3 Å². The van der Waals surface area contributed by atoms with Crippen LogP contribution in [-0.4, -0.2) is 19.1 Å². The van der Waals surface area contributed by atoms with Gasteiger partial charge in [-0.25, -0.2) is 0 Å². The quantitative estimate of drug-likeness (QED) is 0.853. The Morgan fingerprint density at radius 1 is 1.10 bits per heavy atom. The lowest BCUT2D eigenvalue weighted by Gasteiger charge is -2.30. The second-order valence-electron chi connectivity index (χ2n) is 5.05. The molecule has 2 rings (SSSR count). The summed E-state index contributed by atoms with van der Waals surface area (Å²) in [7, 11) is 0. The highest BCUT2D eigenvalue weighted by Gasteiger charge is 2.26. The van der Waals surface area contributed by atoms with Crippen molar-refractivity contribution in [3.8, 4) is 5.75 Å². The third-order valence-electron chi connectivity index (χ3n) is 3.35. The highest BCUT2D eigenvalue weighted by Crippen LogP contribution is 2.19. The molecule has 0 bridgehead atoms. The maximum absolute atomic E-state index is 12.1. The van der Waals surface area contributed by atoms with Gasteiger partial charge in [0.05, 0.1) is 5.54 Å². The third-order valence-corrected chi connectivity index (χ3v) is 3.35. The number of para-hydroxylation sites is 1. The lowest BCUT2D eigenvalue weighted by Crippen LogP contribution is -2.50. The van der Waals surface area contributed by atoms with Crippen LogP contribution in [0.3, 0.4) is 0 Å². The van der Waals surface area contributed by atoms with Gasteiger partial charge < -0.3 is 15.8 Å². The number of ether oxygens (including phenoxy) is 1. The van der Waals surface area contributed by atoms with Crippen LogP contribution in [0.1, 0.15) is 12.5 Å². The molecule has 1 unspecified atom stereocenters. The number of benzene rings is 2. The second-order valence-corrected chi connectivity index (χ2v) is 5.05. The lowest BCUT2D eigenvalue weighted by molar-refractivity contribution is -0.124. The van der Waals surface area contributed by atoms with E-state index in [1.807, 2.05) is 67.6 Å². The van der Waals surface area contributed by atoms with Gasteiger partial charge in [-0.15, -0.1) is 0 Å². The van der Waals surface area contributed by atoms with Crippen molar-refractivity contribution in [3.63, 3.8) is 0 Å². The molecular formula is C17H20N2O2. The molecule has 0 radical (unpaired) electrons. The molecule has 4 heteroatoms. The van der Waals surface area contributed by atoms with Crippen LogP contribution in [0.4, 0.5) is 0 Å². The molecule has 0 spiro atoms. The summed E-state index contributed by atoms with van der Waals surface area (Å²) < 4.78 is 5.44. The largest absolute Gasteiger partial charge is 0.484 e. The Hall–Kier alpha value is -2.33. The summed E-state index contributed by atoms with van der Waals surface area (Å²) >= 11 is 0. The van der Waals surface area contributed by atoms with Crippen LogP contribution in [0.15, 0.2) is 60.7 Å². The Balaban J connectivity index is 1.97. The average molecular weight is 284 g/mol. The molecule has 1 amide bonds. The Kier molecular flexibility index (Phi) is 4.95. The molecule has 0 aromatic heterocycles. The summed E-state index contributed by atoms with van der Waals surface area (Å²) in [6, 6.07) is 18.9. The van der Waals surface area contributed by atoms with Crippen LogP contribution in [0.25, 0.3) is 0 Å². The van der Waals surface area contributed by atoms with Crippen LogP contribution in [0.5, 0.6) is 5.75 Å². The number of carbonyl (C=O) groups is 1. The first-order chi connectivity index (χ1) is 10.1. The zero-order valence-corrected chi connectivity index (χ0v) is 12.1. The summed E-state index contributed by atoms with van der Waals surface area (Å²) in [5.41, 5.74) is 6.21. The van der Waals surface area contributed by atoms with Crippen molar-refractivity contribution in [1.29, 1.82) is 0 Å². The third kappa shape index (κ3) is 4.07. The highest BCUT2D eigenvalue weighted by atomic mass is 16.5. The van der Waals surface area contributed by atoms with Gasteiger partial charge in [0.15, 0.2) is 6.61 Å². The first kappa shape index (κ1) is 15.1. The summed E-state index contributed by atoms with van der Waals surface area (Å²) in [5, 5.41) is 2.94. The Morgan fingerprint density at radius 2 is 1.67 bits per heavy atom. The number of amides is 1. The molecule has 1 atom stereocenters. The molecule has 110 valence electrons. The Morgan fingerprint density at radius 3 is 2.24 bits per heavy atom. The molecule has 0 aliphatic rings. The van der Waals surface area contributed by atoms with E-state index in [1.54, 1.807) is 0 Å². The zero-order valence-electron chi connectivity index (χ0n) is 12.1. The van der Waals surface area contributed by atoms with Crippen molar-refractivity contribution in [1.82, 2.24) is 5.32 Å². The molecule has 0 heterocycles. The molecule has 21 heavy (non-hydrogen) atoms. The topological polar surface area (TPSA) is 64.3 Å². The molecule has 0 fully saturated rings. The number of hydrogen-bond acceptors (Lipinski definition) is 3. The van der Waals surface area contributed by atoms with Gasteiger partial charge in [0.1, 0.15) is 5.75 Å². The first-order valence-corrected chi connectivity index (χ1v) is 6.88. The monoisotopic (exact) mass is 284 g/mol. The molecule has 0 saturated carbocycles. The van der Waals surface area contributed by atoms with Gasteiger partial charge in [0.2, 0.25) is 0 Å². The van der Waals surface area contributed by atoms with E-state index in [0.717, 1.165) is 5.56 Å². The molecule has 4 nitrogen and oxygen atoms in total. The molecule has 0 saturated heterocycles. The van der Waals surface area contributed by atoms with Crippen LogP contribution in [-0.2, 0) is 10.3 Å². The van der Waals surface area contributed by atoms with Crippen LogP contribution in [0, 0.1) is 0 Å². The minimum absolute atomic E-state index is 0.0353. The van der Waals surface area contributed by atoms with Crippen molar-refractivity contribution in [2.75, 3.05) is 13.2 Å². The van der Waals surface area contributed by atoms with Gasteiger partial charge in [0, 0.05) is 6.54 Å². The Bertz CT molecular complexity index is 572. The molecule has 2 aromatic carbocycles. The van der Waals surface area contributed by atoms with Crippen LogP contribution >= 0.6 is 0 Å². The van der Waals surface area contributed by atoms with E-state index >= 15 is 0 Å². The molecule has 0 aliphatic carbocycles. The highest BCUT2D eigenvalue weighted by molar-refractivity contribution is 5.78. The fourth-order valence-electron chi connectivity index (χ4n) is 2.06. The number of rotatable bonds is 6. The molecular weight excluding hydrogens is 264 g/mol. The maximum atomic E-state index is 12.1. The van der Waals surface area contributed by atoms with Gasteiger partial charge in [-0.1, -0.05) is 48.5 Å². The minimum atomic E-state index is -0.599. The SMILES string of the molecule is CC(CN)(NC(=O)COc1ccccc1)c1ccccc1. The summed E-state index contributed by atoms with van der Waals surface area (Å²) in [6.45, 7) is 2.18. The minimum Gasteiger partial charge on any atom is -0.484 e. The van der Waals surface area contributed by atoms with Gasteiger partial charge >= 0.3 is 0 Å². The predicted molar refractivity (Wildman–Crippen MR) is 82.9 cm³/mol. The van der Waals surface area contributed by atoms with Crippen LogP contribution < -0.4 is 15.8 Å². The van der Waals surface area contributed by atoms with E-state index in [-0.39, 0.29) is 12.5 Å². The summed E-state index contributed by atoms with van der Waals surface area (Å²) in [5.74, 6) is 0.470. The van der Waals surface area contributed by atoms with E-state index in [1.165, 1.54) is 0 Å². The predicted octanol–water partition coefficient (Wildman–Crippen LogP) is 2.06. The first-order valence-electron chi connectivity index (χ1n) is 6.88. The van der Waals surface area contributed by atoms with Gasteiger partial charge in [-0.3, -0.25) is 4.79 Å². The number of hydrogen-bond donors (Lipinski definition) is 2. The van der Waals surface area contributed by atoms with E-state index in [9.17, 15) is 4.79 Å². The van der Waals surface area contributed by atoms with Gasteiger partial charge in [-0.2, -0.15) is 0 Å². The number of nitrogens with two attached hydrogens (primary N) is 1. The molecule has 2 aromatic rings. The Labute approximate surface area is 124 Å². The van der Waals surface area contributed by atoms with Crippen molar-refractivity contribution in [2.24, 2.45) is 5.73 Å². The second kappa shape index (κ2) is 6.90. The summed E-state index contributed by atoms with van der Waals surface area (Å²) in [6.07, 6.45) is 0. The van der Waals surface area contributed by atoms with Crippen molar-refractivity contribution in [2.45, 2.75) is 12.5 Å². The van der Waals surface area contributed by atoms with Crippen molar-refractivity contribution >= 4 is 5.91 Å². The van der Waals surface area contributed by atoms with Crippen molar-refractivity contribution < 1.29 is 9.53 Å². The van der Waals surface area contributed by atoms with Crippen molar-refractivity contribution in [3.05, 3.63) is 66.2 Å². The normalized spacial score (nSPS) is 13.2. The number of carbonyl (C=O) groups excluding carboxylic acids is 1. The number of nitrogens with one attached hydrogen (secondary N) is 1.